The molecule has 9 nitrogen and oxygen atoms in total. The fourth-order valence-electron chi connectivity index (χ4n) is 3.38. The maximum Gasteiger partial charge on any atom is 0.339 e. The molecule has 1 fully saturated rings. The van der Waals surface area contributed by atoms with Crippen LogP contribution in [0.15, 0.2) is 83.3 Å². The van der Waals surface area contributed by atoms with E-state index in [1.54, 1.807) is 37.3 Å². The smallest absolute Gasteiger partial charge is 0.339 e. The van der Waals surface area contributed by atoms with Crippen LogP contribution in [0.2, 0.25) is 5.02 Å². The van der Waals surface area contributed by atoms with E-state index in [1.165, 1.54) is 48.5 Å². The van der Waals surface area contributed by atoms with Crippen LogP contribution in [0.3, 0.4) is 0 Å². The number of imide groups is 2. The number of nitrogens with one attached hydrogen (secondary N) is 1. The summed E-state index contributed by atoms with van der Waals surface area (Å²) >= 11 is 6.14. The van der Waals surface area contributed by atoms with E-state index in [-0.39, 0.29) is 39.3 Å². The Morgan fingerprint density at radius 1 is 0.944 bits per heavy atom. The lowest BCUT2D eigenvalue weighted by atomic mass is 10.1. The van der Waals surface area contributed by atoms with Crippen molar-refractivity contribution in [1.82, 2.24) is 5.32 Å². The molecule has 36 heavy (non-hydrogen) atoms. The number of anilines is 1. The van der Waals surface area contributed by atoms with E-state index in [0.29, 0.717) is 5.56 Å². The van der Waals surface area contributed by atoms with Gasteiger partial charge in [-0.1, -0.05) is 48.0 Å². The highest BCUT2D eigenvalue weighted by atomic mass is 35.5. The Morgan fingerprint density at radius 3 is 2.33 bits per heavy atom. The summed E-state index contributed by atoms with van der Waals surface area (Å²) in [5.41, 5.74) is 0.113. The number of hydrogen-bond donors (Lipinski definition) is 1. The maximum atomic E-state index is 13.1. The first-order valence-electron chi connectivity index (χ1n) is 10.6. The van der Waals surface area contributed by atoms with Gasteiger partial charge in [0.1, 0.15) is 10.5 Å². The molecule has 11 heteroatoms. The SMILES string of the molecule is CCOc1cc(/C=C2\C(=O)NC(=O)N(c3ccccc3Cl)C2=O)ccc1OS(=O)(=O)c1ccccc1. The number of urea groups is 1. The summed E-state index contributed by atoms with van der Waals surface area (Å²) in [6.45, 7) is 1.89. The summed E-state index contributed by atoms with van der Waals surface area (Å²) < 4.78 is 36.1. The second-order valence-corrected chi connectivity index (χ2v) is 9.35. The minimum atomic E-state index is -4.13. The molecule has 3 aromatic rings. The number of barbiturate groups is 1. The van der Waals surface area contributed by atoms with Crippen molar-refractivity contribution in [3.8, 4) is 11.5 Å². The van der Waals surface area contributed by atoms with Crippen molar-refractivity contribution in [3.05, 3.63) is 89.0 Å². The van der Waals surface area contributed by atoms with Crippen molar-refractivity contribution in [2.24, 2.45) is 0 Å². The highest BCUT2D eigenvalue weighted by Crippen LogP contribution is 2.33. The third-order valence-electron chi connectivity index (χ3n) is 5.01. The van der Waals surface area contributed by atoms with Crippen molar-refractivity contribution in [2.75, 3.05) is 11.5 Å². The van der Waals surface area contributed by atoms with Gasteiger partial charge in [-0.3, -0.25) is 14.9 Å². The fraction of sp³-hybridized carbons (Fsp3) is 0.0800. The number of halogens is 1. The van der Waals surface area contributed by atoms with Gasteiger partial charge in [0.25, 0.3) is 11.8 Å². The van der Waals surface area contributed by atoms with Crippen molar-refractivity contribution in [2.45, 2.75) is 11.8 Å². The standard InChI is InChI=1S/C25H19ClN2O7S/c1-2-34-22-15-16(12-13-21(22)35-36(32,33)17-8-4-3-5-9-17)14-18-23(29)27-25(31)28(24(18)30)20-11-7-6-10-19(20)26/h3-15H,2H2,1H3,(H,27,29,31)/b18-14+. The molecule has 0 bridgehead atoms. The number of carbonyl (C=O) groups excluding carboxylic acids is 3. The Kier molecular flexibility index (Phi) is 7.09. The lowest BCUT2D eigenvalue weighted by Crippen LogP contribution is -2.54. The molecule has 1 saturated heterocycles. The third-order valence-corrected chi connectivity index (χ3v) is 6.57. The zero-order chi connectivity index (χ0) is 25.9. The molecule has 1 aliphatic rings. The first-order valence-corrected chi connectivity index (χ1v) is 12.4. The number of ether oxygens (including phenoxy) is 1. The highest BCUT2D eigenvalue weighted by Gasteiger charge is 2.37. The van der Waals surface area contributed by atoms with Gasteiger partial charge in [-0.05, 0) is 55.0 Å². The number of rotatable bonds is 7. The Morgan fingerprint density at radius 2 is 1.64 bits per heavy atom. The van der Waals surface area contributed by atoms with Crippen LogP contribution in [0.4, 0.5) is 10.5 Å². The first-order chi connectivity index (χ1) is 17.2. The molecule has 3 aromatic carbocycles. The molecule has 4 rings (SSSR count). The summed E-state index contributed by atoms with van der Waals surface area (Å²) in [5, 5.41) is 2.27. The van der Waals surface area contributed by atoms with Gasteiger partial charge in [0, 0.05) is 0 Å². The Labute approximate surface area is 212 Å². The predicted octanol–water partition coefficient (Wildman–Crippen LogP) is 4.17. The molecule has 0 atom stereocenters. The lowest BCUT2D eigenvalue weighted by molar-refractivity contribution is -0.122. The molecule has 0 radical (unpaired) electrons. The van der Waals surface area contributed by atoms with E-state index in [0.717, 1.165) is 4.90 Å². The molecule has 0 saturated carbocycles. The van der Waals surface area contributed by atoms with Crippen LogP contribution in [0.25, 0.3) is 6.08 Å². The molecular formula is C25H19ClN2O7S. The number of nitrogens with zero attached hydrogens (tertiary/aromatic N) is 1. The van der Waals surface area contributed by atoms with Crippen LogP contribution < -0.4 is 19.1 Å². The highest BCUT2D eigenvalue weighted by molar-refractivity contribution is 7.87. The molecule has 0 aromatic heterocycles. The minimum Gasteiger partial charge on any atom is -0.490 e. The van der Waals surface area contributed by atoms with E-state index in [4.69, 9.17) is 20.5 Å². The molecule has 184 valence electrons. The van der Waals surface area contributed by atoms with Crippen molar-refractivity contribution >= 4 is 51.3 Å². The van der Waals surface area contributed by atoms with Gasteiger partial charge < -0.3 is 8.92 Å². The monoisotopic (exact) mass is 526 g/mol. The topological polar surface area (TPSA) is 119 Å². The Bertz CT molecular complexity index is 1490. The quantitative estimate of drug-likeness (QED) is 0.279. The normalized spacial score (nSPS) is 15.1. The number of para-hydroxylation sites is 1. The minimum absolute atomic E-state index is 0.0348. The van der Waals surface area contributed by atoms with Gasteiger partial charge in [-0.15, -0.1) is 0 Å². The average Bonchev–Trinajstić information content (AvgIpc) is 2.85. The van der Waals surface area contributed by atoms with E-state index >= 15 is 0 Å². The third kappa shape index (κ3) is 5.09. The van der Waals surface area contributed by atoms with Crippen LogP contribution in [0.1, 0.15) is 12.5 Å². The molecule has 4 amide bonds. The number of amides is 4. The van der Waals surface area contributed by atoms with Crippen LogP contribution in [-0.4, -0.2) is 32.9 Å². The number of benzene rings is 3. The van der Waals surface area contributed by atoms with E-state index in [9.17, 15) is 22.8 Å². The van der Waals surface area contributed by atoms with Crippen LogP contribution in [0, 0.1) is 0 Å². The zero-order valence-corrected chi connectivity index (χ0v) is 20.4. The lowest BCUT2D eigenvalue weighted by Gasteiger charge is -2.27. The molecule has 1 heterocycles. The van der Waals surface area contributed by atoms with Gasteiger partial charge in [-0.25, -0.2) is 9.69 Å². The second-order valence-electron chi connectivity index (χ2n) is 7.40. The fourth-order valence-corrected chi connectivity index (χ4v) is 4.56. The van der Waals surface area contributed by atoms with Gasteiger partial charge in [0.15, 0.2) is 11.5 Å². The summed E-state index contributed by atoms with van der Waals surface area (Å²) in [6, 6.07) is 17.1. The summed E-state index contributed by atoms with van der Waals surface area (Å²) in [7, 11) is -4.13. The zero-order valence-electron chi connectivity index (χ0n) is 18.8. The predicted molar refractivity (Wildman–Crippen MR) is 132 cm³/mol. The van der Waals surface area contributed by atoms with E-state index in [2.05, 4.69) is 5.32 Å². The van der Waals surface area contributed by atoms with Crippen molar-refractivity contribution in [1.29, 1.82) is 0 Å². The molecule has 0 aliphatic carbocycles. The molecule has 1 aliphatic heterocycles. The van der Waals surface area contributed by atoms with Gasteiger partial charge in [0.05, 0.1) is 17.3 Å². The molecular weight excluding hydrogens is 508 g/mol. The van der Waals surface area contributed by atoms with Gasteiger partial charge in [-0.2, -0.15) is 8.42 Å². The number of hydrogen-bond acceptors (Lipinski definition) is 7. The molecule has 0 spiro atoms. The maximum absolute atomic E-state index is 13.1. The summed E-state index contributed by atoms with van der Waals surface area (Å²) in [5.74, 6) is -1.76. The number of carbonyl (C=O) groups is 3. The van der Waals surface area contributed by atoms with Crippen LogP contribution in [0.5, 0.6) is 11.5 Å². The van der Waals surface area contributed by atoms with E-state index < -0.39 is 28.0 Å². The van der Waals surface area contributed by atoms with Crippen LogP contribution >= 0.6 is 11.6 Å². The van der Waals surface area contributed by atoms with Gasteiger partial charge in [0.2, 0.25) is 0 Å². The first kappa shape index (κ1) is 25.0. The van der Waals surface area contributed by atoms with Crippen molar-refractivity contribution < 1.29 is 31.7 Å². The second kappa shape index (κ2) is 10.2. The largest absolute Gasteiger partial charge is 0.490 e. The summed E-state index contributed by atoms with van der Waals surface area (Å²) in [4.78, 5) is 38.7. The summed E-state index contributed by atoms with van der Waals surface area (Å²) in [6.07, 6.45) is 1.26. The average molecular weight is 527 g/mol. The molecule has 0 unspecified atom stereocenters. The van der Waals surface area contributed by atoms with Gasteiger partial charge >= 0.3 is 16.1 Å². The van der Waals surface area contributed by atoms with E-state index in [1.807, 2.05) is 0 Å². The molecule has 1 N–H and O–H groups in total. The van der Waals surface area contributed by atoms with Crippen molar-refractivity contribution in [3.63, 3.8) is 0 Å². The Balaban J connectivity index is 1.69. The van der Waals surface area contributed by atoms with Crippen LogP contribution in [-0.2, 0) is 19.7 Å². The Hall–Kier alpha value is -4.15.